The van der Waals surface area contributed by atoms with Crippen molar-refractivity contribution in [1.82, 2.24) is 9.80 Å². The van der Waals surface area contributed by atoms with Gasteiger partial charge in [-0.2, -0.15) is 0 Å². The standard InChI is InChI=1S/C32H36N2O6/c35-27(36)25-15-13-23(21-9-3-1-4-10-21)19-31(25)29(39)33(31)17-7-8-18-34-30(40)32(34)20-24(14-16-26(32)28(37)38)22-11-5-2-6-12-22/h1-6,9-12,23-26H,7-8,13-20H2,(H,35,36)(H,37,38). The molecule has 2 heterocycles. The van der Waals surface area contributed by atoms with Crippen LogP contribution in [0, 0.1) is 11.8 Å². The molecule has 2 aromatic carbocycles. The van der Waals surface area contributed by atoms with Crippen LogP contribution in [0.4, 0.5) is 0 Å². The summed E-state index contributed by atoms with van der Waals surface area (Å²) < 4.78 is 0. The Kier molecular flexibility index (Phi) is 6.67. The summed E-state index contributed by atoms with van der Waals surface area (Å²) in [6, 6.07) is 20.0. The molecule has 0 aromatic heterocycles. The average Bonchev–Trinajstić information content (AvgIpc) is 3.74. The highest BCUT2D eigenvalue weighted by molar-refractivity contribution is 6.06. The molecule has 40 heavy (non-hydrogen) atoms. The van der Waals surface area contributed by atoms with Gasteiger partial charge in [0.1, 0.15) is 11.1 Å². The number of carboxylic acid groups (broad SMARTS) is 2. The molecule has 8 nitrogen and oxygen atoms in total. The van der Waals surface area contributed by atoms with Gasteiger partial charge in [-0.15, -0.1) is 0 Å². The number of unbranched alkanes of at least 4 members (excludes halogenated alkanes) is 1. The van der Waals surface area contributed by atoms with Crippen molar-refractivity contribution >= 4 is 23.8 Å². The maximum Gasteiger partial charge on any atom is 0.309 e. The number of hydrogen-bond donors (Lipinski definition) is 2. The van der Waals surface area contributed by atoms with Crippen LogP contribution in [0.2, 0.25) is 0 Å². The van der Waals surface area contributed by atoms with E-state index in [1.54, 1.807) is 9.80 Å². The van der Waals surface area contributed by atoms with Crippen LogP contribution in [-0.2, 0) is 19.2 Å². The minimum absolute atomic E-state index is 0.0799. The molecule has 2 spiro atoms. The van der Waals surface area contributed by atoms with Crippen molar-refractivity contribution in [2.24, 2.45) is 11.8 Å². The second-order valence-corrected chi connectivity index (χ2v) is 12.0. The highest BCUT2D eigenvalue weighted by Gasteiger charge is 2.71. The quantitative estimate of drug-likeness (QED) is 0.360. The molecule has 2 saturated carbocycles. The van der Waals surface area contributed by atoms with Crippen LogP contribution in [-0.4, -0.2) is 67.9 Å². The molecule has 6 atom stereocenters. The molecule has 6 unspecified atom stereocenters. The van der Waals surface area contributed by atoms with Gasteiger partial charge in [0.25, 0.3) is 0 Å². The Labute approximate surface area is 234 Å². The van der Waals surface area contributed by atoms with E-state index in [0.717, 1.165) is 24.0 Å². The van der Waals surface area contributed by atoms with E-state index in [1.165, 1.54) is 0 Å². The summed E-state index contributed by atoms with van der Waals surface area (Å²) >= 11 is 0. The first kappa shape index (κ1) is 26.5. The summed E-state index contributed by atoms with van der Waals surface area (Å²) in [6.07, 6.45) is 4.74. The number of hydrogen-bond acceptors (Lipinski definition) is 4. The predicted molar refractivity (Wildman–Crippen MR) is 146 cm³/mol. The van der Waals surface area contributed by atoms with E-state index in [1.807, 2.05) is 60.7 Å². The van der Waals surface area contributed by atoms with Crippen molar-refractivity contribution in [3.63, 3.8) is 0 Å². The Morgan fingerprint density at radius 1 is 0.650 bits per heavy atom. The molecular weight excluding hydrogens is 508 g/mol. The normalized spacial score (nSPS) is 32.9. The van der Waals surface area contributed by atoms with Gasteiger partial charge in [-0.1, -0.05) is 60.7 Å². The van der Waals surface area contributed by atoms with Crippen molar-refractivity contribution in [2.45, 2.75) is 74.3 Å². The Bertz CT molecular complexity index is 1210. The number of aliphatic carboxylic acids is 2. The van der Waals surface area contributed by atoms with E-state index in [-0.39, 0.29) is 23.7 Å². The Morgan fingerprint density at radius 3 is 1.38 bits per heavy atom. The van der Waals surface area contributed by atoms with Crippen molar-refractivity contribution in [3.05, 3.63) is 71.8 Å². The van der Waals surface area contributed by atoms with Crippen LogP contribution in [0.5, 0.6) is 0 Å². The largest absolute Gasteiger partial charge is 0.481 e. The molecule has 2 amide bonds. The van der Waals surface area contributed by atoms with Gasteiger partial charge in [0, 0.05) is 13.1 Å². The lowest BCUT2D eigenvalue weighted by molar-refractivity contribution is -0.146. The van der Waals surface area contributed by atoms with E-state index < -0.39 is 34.9 Å². The summed E-state index contributed by atoms with van der Waals surface area (Å²) in [5.41, 5.74) is 0.402. The molecule has 4 aliphatic rings. The maximum absolute atomic E-state index is 13.1. The van der Waals surface area contributed by atoms with Gasteiger partial charge in [0.15, 0.2) is 0 Å². The SMILES string of the molecule is O=C(O)C1CCC(c2ccccc2)CC12C(=O)N2CCCCN1C(=O)C12CC(c1ccccc1)CCC2C(=O)O. The summed E-state index contributed by atoms with van der Waals surface area (Å²) in [6.45, 7) is 0.905. The molecule has 2 aliphatic heterocycles. The monoisotopic (exact) mass is 544 g/mol. The summed E-state index contributed by atoms with van der Waals surface area (Å²) in [5, 5.41) is 19.9. The van der Waals surface area contributed by atoms with Gasteiger partial charge >= 0.3 is 11.9 Å². The van der Waals surface area contributed by atoms with Crippen LogP contribution in [0.1, 0.15) is 74.3 Å². The van der Waals surface area contributed by atoms with Gasteiger partial charge in [-0.25, -0.2) is 0 Å². The second-order valence-electron chi connectivity index (χ2n) is 12.0. The second kappa shape index (κ2) is 10.1. The van der Waals surface area contributed by atoms with E-state index in [0.29, 0.717) is 51.6 Å². The summed E-state index contributed by atoms with van der Waals surface area (Å²) in [5.74, 6) is -3.09. The van der Waals surface area contributed by atoms with E-state index in [4.69, 9.17) is 0 Å². The van der Waals surface area contributed by atoms with Gasteiger partial charge in [0.05, 0.1) is 11.8 Å². The zero-order chi connectivity index (χ0) is 28.1. The molecule has 0 radical (unpaired) electrons. The minimum Gasteiger partial charge on any atom is -0.481 e. The maximum atomic E-state index is 13.1. The number of carboxylic acids is 2. The number of amides is 2. The fourth-order valence-corrected chi connectivity index (χ4v) is 7.98. The number of nitrogens with zero attached hydrogens (tertiary/aromatic N) is 2. The van der Waals surface area contributed by atoms with Gasteiger partial charge in [-0.05, 0) is 74.3 Å². The average molecular weight is 545 g/mol. The minimum atomic E-state index is -0.942. The van der Waals surface area contributed by atoms with Crippen LogP contribution >= 0.6 is 0 Å². The fraction of sp³-hybridized carbons (Fsp3) is 0.500. The van der Waals surface area contributed by atoms with Gasteiger partial charge < -0.3 is 20.0 Å². The molecule has 2 N–H and O–H groups in total. The van der Waals surface area contributed by atoms with Crippen molar-refractivity contribution < 1.29 is 29.4 Å². The van der Waals surface area contributed by atoms with Crippen LogP contribution < -0.4 is 0 Å². The highest BCUT2D eigenvalue weighted by Crippen LogP contribution is 2.56. The number of benzene rings is 2. The molecule has 2 aromatic rings. The first-order chi connectivity index (χ1) is 19.3. The molecule has 210 valence electrons. The lowest BCUT2D eigenvalue weighted by Crippen LogP contribution is -2.41. The van der Waals surface area contributed by atoms with Crippen molar-refractivity contribution in [3.8, 4) is 0 Å². The molecule has 8 heteroatoms. The lowest BCUT2D eigenvalue weighted by Gasteiger charge is -2.34. The number of carbonyl (C=O) groups excluding carboxylic acids is 2. The molecular formula is C32H36N2O6. The highest BCUT2D eigenvalue weighted by atomic mass is 16.4. The third-order valence-corrected chi connectivity index (χ3v) is 10.1. The molecule has 4 fully saturated rings. The Morgan fingerprint density at radius 2 is 1.02 bits per heavy atom. The smallest absolute Gasteiger partial charge is 0.309 e. The van der Waals surface area contributed by atoms with Crippen LogP contribution in [0.15, 0.2) is 60.7 Å². The predicted octanol–water partition coefficient (Wildman–Crippen LogP) is 4.27. The molecule has 6 rings (SSSR count). The van der Waals surface area contributed by atoms with E-state index in [2.05, 4.69) is 0 Å². The number of rotatable bonds is 9. The number of carbonyl (C=O) groups is 4. The Balaban J connectivity index is 1.09. The topological polar surface area (TPSA) is 115 Å². The first-order valence-electron chi connectivity index (χ1n) is 14.5. The molecule has 2 aliphatic carbocycles. The Hall–Kier alpha value is -3.68. The third kappa shape index (κ3) is 4.19. The van der Waals surface area contributed by atoms with Gasteiger partial charge in [0.2, 0.25) is 11.8 Å². The lowest BCUT2D eigenvalue weighted by atomic mass is 9.71. The zero-order valence-electron chi connectivity index (χ0n) is 22.6. The molecule has 2 saturated heterocycles. The van der Waals surface area contributed by atoms with Crippen LogP contribution in [0.3, 0.4) is 0 Å². The van der Waals surface area contributed by atoms with E-state index >= 15 is 0 Å². The van der Waals surface area contributed by atoms with Crippen molar-refractivity contribution in [2.75, 3.05) is 13.1 Å². The third-order valence-electron chi connectivity index (χ3n) is 10.1. The van der Waals surface area contributed by atoms with Crippen molar-refractivity contribution in [1.29, 1.82) is 0 Å². The summed E-state index contributed by atoms with van der Waals surface area (Å²) in [7, 11) is 0. The summed E-state index contributed by atoms with van der Waals surface area (Å²) in [4.78, 5) is 54.0. The fourth-order valence-electron chi connectivity index (χ4n) is 7.98. The van der Waals surface area contributed by atoms with E-state index in [9.17, 15) is 29.4 Å². The molecule has 0 bridgehead atoms. The first-order valence-corrected chi connectivity index (χ1v) is 14.5. The zero-order valence-corrected chi connectivity index (χ0v) is 22.6. The van der Waals surface area contributed by atoms with Gasteiger partial charge in [-0.3, -0.25) is 19.2 Å². The van der Waals surface area contributed by atoms with Crippen LogP contribution in [0.25, 0.3) is 0 Å².